The summed E-state index contributed by atoms with van der Waals surface area (Å²) in [5.74, 6) is -0.674. The lowest BCUT2D eigenvalue weighted by molar-refractivity contribution is -0.140. The number of carbonyl (C=O) groups is 2. The molecule has 1 aromatic carbocycles. The Hall–Kier alpha value is -2.64. The Balaban J connectivity index is 1.86. The van der Waals surface area contributed by atoms with Gasteiger partial charge in [0.2, 0.25) is 0 Å². The number of hydrogen-bond donors (Lipinski definition) is 1. The van der Waals surface area contributed by atoms with Crippen LogP contribution in [-0.4, -0.2) is 48.1 Å². The van der Waals surface area contributed by atoms with Gasteiger partial charge in [0, 0.05) is 23.6 Å². The molecule has 1 aromatic heterocycles. The number of nitrogens with zero attached hydrogens (tertiary/aromatic N) is 1. The molecule has 0 saturated carbocycles. The van der Waals surface area contributed by atoms with Crippen LogP contribution in [0.3, 0.4) is 0 Å². The highest BCUT2D eigenvalue weighted by molar-refractivity contribution is 7.10. The first-order chi connectivity index (χ1) is 14.8. The van der Waals surface area contributed by atoms with Crippen LogP contribution in [0.1, 0.15) is 46.0 Å². The second-order valence-corrected chi connectivity index (χ2v) is 9.14. The van der Waals surface area contributed by atoms with Gasteiger partial charge in [-0.05, 0) is 73.9 Å². The molecule has 2 unspecified atom stereocenters. The molecule has 0 spiro atoms. The minimum Gasteiger partial charge on any atom is -0.507 e. The van der Waals surface area contributed by atoms with Gasteiger partial charge in [-0.3, -0.25) is 9.59 Å². The molecule has 2 aliphatic rings. The molecule has 2 atom stereocenters. The molecule has 1 N–H and O–H groups in total. The van der Waals surface area contributed by atoms with Crippen LogP contribution in [0, 0.1) is 20.8 Å². The van der Waals surface area contributed by atoms with E-state index in [-0.39, 0.29) is 17.4 Å². The standard InChI is InChI=1S/C24H27NO5S/c1-13-7-9-31-23(13)20-19(21(26)17-10-15(3)18(29-4)11-14(17)2)22(27)24(28)25(20)12-16-6-5-8-30-16/h7,9-11,16,20,26H,5-6,8,12H2,1-4H3/b21-19+. The van der Waals surface area contributed by atoms with Crippen molar-refractivity contribution in [1.82, 2.24) is 4.90 Å². The number of aliphatic hydroxyl groups is 1. The topological polar surface area (TPSA) is 76.1 Å². The van der Waals surface area contributed by atoms with Crippen molar-refractivity contribution in [2.75, 3.05) is 20.3 Å². The third kappa shape index (κ3) is 3.77. The number of Topliss-reactive ketones (excluding diaryl/α,β-unsaturated/α-hetero) is 1. The second kappa shape index (κ2) is 8.48. The van der Waals surface area contributed by atoms with E-state index < -0.39 is 17.7 Å². The van der Waals surface area contributed by atoms with Crippen LogP contribution in [0.15, 0.2) is 29.2 Å². The van der Waals surface area contributed by atoms with E-state index >= 15 is 0 Å². The number of likely N-dealkylation sites (tertiary alicyclic amines) is 1. The average molecular weight is 442 g/mol. The highest BCUT2D eigenvalue weighted by Gasteiger charge is 2.48. The quantitative estimate of drug-likeness (QED) is 0.426. The molecular formula is C24H27NO5S. The zero-order chi connectivity index (χ0) is 22.3. The number of ether oxygens (including phenoxy) is 2. The van der Waals surface area contributed by atoms with Gasteiger partial charge in [0.1, 0.15) is 11.5 Å². The summed E-state index contributed by atoms with van der Waals surface area (Å²) >= 11 is 1.49. The van der Waals surface area contributed by atoms with E-state index in [9.17, 15) is 14.7 Å². The number of aliphatic hydroxyl groups excluding tert-OH is 1. The Morgan fingerprint density at radius 1 is 1.23 bits per heavy atom. The Bertz CT molecular complexity index is 1060. The minimum absolute atomic E-state index is 0.0917. The van der Waals surface area contributed by atoms with Crippen LogP contribution in [0.2, 0.25) is 0 Å². The monoisotopic (exact) mass is 441 g/mol. The van der Waals surface area contributed by atoms with E-state index in [1.807, 2.05) is 38.3 Å². The first-order valence-electron chi connectivity index (χ1n) is 10.4. The molecule has 164 valence electrons. The van der Waals surface area contributed by atoms with E-state index in [4.69, 9.17) is 9.47 Å². The van der Waals surface area contributed by atoms with E-state index in [0.717, 1.165) is 34.4 Å². The van der Waals surface area contributed by atoms with Gasteiger partial charge < -0.3 is 19.5 Å². The van der Waals surface area contributed by atoms with Gasteiger partial charge in [-0.1, -0.05) is 0 Å². The Labute approximate surface area is 186 Å². The molecule has 2 saturated heterocycles. The van der Waals surface area contributed by atoms with Gasteiger partial charge in [-0.2, -0.15) is 0 Å². The summed E-state index contributed by atoms with van der Waals surface area (Å²) in [6.45, 7) is 6.70. The molecule has 4 rings (SSSR count). The summed E-state index contributed by atoms with van der Waals surface area (Å²) in [5.41, 5.74) is 3.27. The van der Waals surface area contributed by atoms with Crippen molar-refractivity contribution in [2.45, 2.75) is 45.8 Å². The number of benzene rings is 1. The average Bonchev–Trinajstić information content (AvgIpc) is 3.46. The zero-order valence-electron chi connectivity index (χ0n) is 18.2. The molecular weight excluding hydrogens is 414 g/mol. The smallest absolute Gasteiger partial charge is 0.295 e. The van der Waals surface area contributed by atoms with Crippen LogP contribution in [0.4, 0.5) is 0 Å². The fourth-order valence-electron chi connectivity index (χ4n) is 4.42. The molecule has 0 radical (unpaired) electrons. The predicted molar refractivity (Wildman–Crippen MR) is 120 cm³/mol. The van der Waals surface area contributed by atoms with Crippen molar-refractivity contribution in [3.05, 3.63) is 56.3 Å². The highest BCUT2D eigenvalue weighted by Crippen LogP contribution is 2.43. The van der Waals surface area contributed by atoms with Crippen molar-refractivity contribution >= 4 is 28.8 Å². The lowest BCUT2D eigenvalue weighted by Crippen LogP contribution is -2.36. The lowest BCUT2D eigenvalue weighted by atomic mass is 9.95. The van der Waals surface area contributed by atoms with Crippen LogP contribution < -0.4 is 4.74 Å². The molecule has 0 aliphatic carbocycles. The first-order valence-corrected chi connectivity index (χ1v) is 11.3. The van der Waals surface area contributed by atoms with Gasteiger partial charge in [0.05, 0.1) is 24.8 Å². The van der Waals surface area contributed by atoms with E-state index in [0.29, 0.717) is 24.5 Å². The van der Waals surface area contributed by atoms with Crippen molar-refractivity contribution < 1.29 is 24.2 Å². The molecule has 1 amide bonds. The molecule has 6 nitrogen and oxygen atoms in total. The second-order valence-electron chi connectivity index (χ2n) is 8.19. The Morgan fingerprint density at radius 3 is 2.61 bits per heavy atom. The summed E-state index contributed by atoms with van der Waals surface area (Å²) in [6, 6.07) is 4.98. The molecule has 3 heterocycles. The van der Waals surface area contributed by atoms with Crippen molar-refractivity contribution in [2.24, 2.45) is 0 Å². The van der Waals surface area contributed by atoms with Crippen LogP contribution in [0.25, 0.3) is 5.76 Å². The molecule has 2 aromatic rings. The van der Waals surface area contributed by atoms with Gasteiger partial charge in [-0.15, -0.1) is 11.3 Å². The summed E-state index contributed by atoms with van der Waals surface area (Å²) in [4.78, 5) is 28.7. The number of ketones is 1. The largest absolute Gasteiger partial charge is 0.507 e. The summed E-state index contributed by atoms with van der Waals surface area (Å²) in [5, 5.41) is 13.3. The summed E-state index contributed by atoms with van der Waals surface area (Å²) < 4.78 is 11.1. The van der Waals surface area contributed by atoms with Crippen LogP contribution in [0.5, 0.6) is 5.75 Å². The minimum atomic E-state index is -0.652. The molecule has 31 heavy (non-hydrogen) atoms. The summed E-state index contributed by atoms with van der Waals surface area (Å²) in [6.07, 6.45) is 1.71. The maximum Gasteiger partial charge on any atom is 0.295 e. The SMILES string of the molecule is COc1cc(C)c(/C(O)=C2\C(=O)C(=O)N(CC3CCCO3)C2c2sccc2C)cc1C. The maximum absolute atomic E-state index is 13.2. The number of amides is 1. The van der Waals surface area contributed by atoms with Crippen LogP contribution in [-0.2, 0) is 14.3 Å². The van der Waals surface area contributed by atoms with Crippen molar-refractivity contribution in [3.8, 4) is 5.75 Å². The van der Waals surface area contributed by atoms with Gasteiger partial charge in [-0.25, -0.2) is 0 Å². The van der Waals surface area contributed by atoms with E-state index in [2.05, 4.69) is 0 Å². The normalized spacial score (nSPS) is 23.0. The lowest BCUT2D eigenvalue weighted by Gasteiger charge is -2.27. The maximum atomic E-state index is 13.2. The van der Waals surface area contributed by atoms with Gasteiger partial charge in [0.25, 0.3) is 11.7 Å². The third-order valence-corrected chi connectivity index (χ3v) is 7.18. The number of thiophene rings is 1. The molecule has 2 fully saturated rings. The first kappa shape index (κ1) is 21.6. The summed E-state index contributed by atoms with van der Waals surface area (Å²) in [7, 11) is 1.59. The Kier molecular flexibility index (Phi) is 5.90. The molecule has 7 heteroatoms. The number of aryl methyl sites for hydroxylation is 3. The fourth-order valence-corrected chi connectivity index (χ4v) is 5.47. The van der Waals surface area contributed by atoms with E-state index in [1.54, 1.807) is 18.1 Å². The van der Waals surface area contributed by atoms with Crippen molar-refractivity contribution in [1.29, 1.82) is 0 Å². The highest BCUT2D eigenvalue weighted by atomic mass is 32.1. The fraction of sp³-hybridized carbons (Fsp3) is 0.417. The van der Waals surface area contributed by atoms with Gasteiger partial charge >= 0.3 is 0 Å². The number of carbonyl (C=O) groups excluding carboxylic acids is 2. The van der Waals surface area contributed by atoms with Gasteiger partial charge in [0.15, 0.2) is 0 Å². The predicted octanol–water partition coefficient (Wildman–Crippen LogP) is 4.28. The van der Waals surface area contributed by atoms with Crippen molar-refractivity contribution in [3.63, 3.8) is 0 Å². The van der Waals surface area contributed by atoms with E-state index in [1.165, 1.54) is 11.3 Å². The number of methoxy groups -OCH3 is 1. The van der Waals surface area contributed by atoms with Crippen LogP contribution >= 0.6 is 11.3 Å². The molecule has 0 bridgehead atoms. The zero-order valence-corrected chi connectivity index (χ0v) is 19.0. The molecule has 2 aliphatic heterocycles. The third-order valence-electron chi connectivity index (χ3n) is 6.11. The number of hydrogen-bond acceptors (Lipinski definition) is 6. The number of rotatable bonds is 5. The Morgan fingerprint density at radius 2 is 2.00 bits per heavy atom.